The third-order valence-electron chi connectivity index (χ3n) is 3.90. The largest absolute Gasteiger partial charge is 0.378 e. The van der Waals surface area contributed by atoms with Crippen LogP contribution in [0.5, 0.6) is 0 Å². The first kappa shape index (κ1) is 17.9. The van der Waals surface area contributed by atoms with Gasteiger partial charge < -0.3 is 15.0 Å². The fourth-order valence-corrected chi connectivity index (χ4v) is 3.39. The summed E-state index contributed by atoms with van der Waals surface area (Å²) in [6.45, 7) is 7.83. The van der Waals surface area contributed by atoms with Gasteiger partial charge in [-0.2, -0.15) is 5.10 Å². The summed E-state index contributed by atoms with van der Waals surface area (Å²) in [6.07, 6.45) is 2.89. The molecule has 1 fully saturated rings. The van der Waals surface area contributed by atoms with Crippen LogP contribution in [0, 0.1) is 0 Å². The highest BCUT2D eigenvalue weighted by Crippen LogP contribution is 2.28. The second-order valence-electron chi connectivity index (χ2n) is 5.87. The molecule has 0 unspecified atom stereocenters. The predicted molar refractivity (Wildman–Crippen MR) is 98.1 cm³/mol. The van der Waals surface area contributed by atoms with Gasteiger partial charge >= 0.3 is 0 Å². The summed E-state index contributed by atoms with van der Waals surface area (Å²) in [5, 5.41) is 8.99. The smallest absolute Gasteiger partial charge is 0.216 e. The number of nitrogens with one attached hydrogen (secondary N) is 1. The predicted octanol–water partition coefficient (Wildman–Crippen LogP) is 1.30. The summed E-state index contributed by atoms with van der Waals surface area (Å²) in [5.74, 6) is 1.87. The van der Waals surface area contributed by atoms with Crippen LogP contribution in [0.2, 0.25) is 0 Å². The number of hydrogen-bond donors (Lipinski definition) is 1. The van der Waals surface area contributed by atoms with Gasteiger partial charge in [0.1, 0.15) is 5.82 Å². The Morgan fingerprint density at radius 2 is 2.16 bits per heavy atom. The van der Waals surface area contributed by atoms with E-state index in [9.17, 15) is 4.79 Å². The van der Waals surface area contributed by atoms with E-state index in [1.54, 1.807) is 11.8 Å². The molecule has 1 N–H and O–H groups in total. The van der Waals surface area contributed by atoms with Crippen LogP contribution < -0.4 is 10.2 Å². The van der Waals surface area contributed by atoms with Gasteiger partial charge in [-0.05, 0) is 6.42 Å². The zero-order valence-corrected chi connectivity index (χ0v) is 15.5. The SMILES string of the molecule is CCCSc1nc(N2CCOCC2)c2cnn(CCNC(C)=O)c2n1. The Bertz CT molecular complexity index is 729. The van der Waals surface area contributed by atoms with Gasteiger partial charge in [0.2, 0.25) is 5.91 Å². The zero-order valence-electron chi connectivity index (χ0n) is 14.7. The molecule has 2 aromatic rings. The third kappa shape index (κ3) is 4.40. The molecule has 3 rings (SSSR count). The summed E-state index contributed by atoms with van der Waals surface area (Å²) >= 11 is 1.66. The molecule has 1 aliphatic heterocycles. The van der Waals surface area contributed by atoms with E-state index in [1.807, 2.05) is 10.9 Å². The molecular formula is C16H24N6O2S. The van der Waals surface area contributed by atoms with E-state index in [0.29, 0.717) is 26.3 Å². The van der Waals surface area contributed by atoms with Crippen LogP contribution in [0.1, 0.15) is 20.3 Å². The van der Waals surface area contributed by atoms with E-state index >= 15 is 0 Å². The van der Waals surface area contributed by atoms with Crippen molar-refractivity contribution >= 4 is 34.5 Å². The number of rotatable bonds is 7. The highest BCUT2D eigenvalue weighted by atomic mass is 32.2. The van der Waals surface area contributed by atoms with Gasteiger partial charge in [-0.15, -0.1) is 0 Å². The number of hydrogen-bond acceptors (Lipinski definition) is 7. The lowest BCUT2D eigenvalue weighted by Crippen LogP contribution is -2.37. The Balaban J connectivity index is 1.92. The van der Waals surface area contributed by atoms with Crippen LogP contribution in [0.15, 0.2) is 11.4 Å². The standard InChI is InChI=1S/C16H24N6O2S/c1-3-10-25-16-19-14(21-6-8-24-9-7-21)13-11-18-22(15(13)20-16)5-4-17-12(2)23/h11H,3-10H2,1-2H3,(H,17,23). The van der Waals surface area contributed by atoms with E-state index in [4.69, 9.17) is 14.7 Å². The molecule has 25 heavy (non-hydrogen) atoms. The minimum absolute atomic E-state index is 0.0423. The van der Waals surface area contributed by atoms with Gasteiger partial charge in [0, 0.05) is 32.3 Å². The number of amides is 1. The molecule has 1 aliphatic rings. The molecule has 0 bridgehead atoms. The first-order valence-corrected chi connectivity index (χ1v) is 9.61. The first-order valence-electron chi connectivity index (χ1n) is 8.62. The average Bonchev–Trinajstić information content (AvgIpc) is 3.03. The molecule has 0 aliphatic carbocycles. The molecule has 136 valence electrons. The Kier molecular flexibility index (Phi) is 6.09. The zero-order chi connectivity index (χ0) is 17.6. The lowest BCUT2D eigenvalue weighted by Gasteiger charge is -2.28. The number of fused-ring (bicyclic) bond motifs is 1. The Hall–Kier alpha value is -1.87. The van der Waals surface area contributed by atoms with E-state index in [0.717, 1.165) is 47.3 Å². The Morgan fingerprint density at radius 1 is 1.36 bits per heavy atom. The summed E-state index contributed by atoms with van der Waals surface area (Å²) in [7, 11) is 0. The molecular weight excluding hydrogens is 340 g/mol. The molecule has 0 aromatic carbocycles. The maximum atomic E-state index is 11.1. The number of ether oxygens (including phenoxy) is 1. The summed E-state index contributed by atoms with van der Waals surface area (Å²) in [4.78, 5) is 22.8. The molecule has 8 nitrogen and oxygen atoms in total. The maximum Gasteiger partial charge on any atom is 0.216 e. The summed E-state index contributed by atoms with van der Waals surface area (Å²) in [6, 6.07) is 0. The van der Waals surface area contributed by atoms with Gasteiger partial charge in [-0.3, -0.25) is 4.79 Å². The monoisotopic (exact) mass is 364 g/mol. The lowest BCUT2D eigenvalue weighted by atomic mass is 10.3. The highest BCUT2D eigenvalue weighted by Gasteiger charge is 2.20. The Labute approximate surface area is 151 Å². The van der Waals surface area contributed by atoms with Gasteiger partial charge in [0.25, 0.3) is 0 Å². The maximum absolute atomic E-state index is 11.1. The molecule has 9 heteroatoms. The minimum atomic E-state index is -0.0423. The third-order valence-corrected chi connectivity index (χ3v) is 4.95. The Morgan fingerprint density at radius 3 is 2.88 bits per heavy atom. The van der Waals surface area contributed by atoms with Gasteiger partial charge in [-0.25, -0.2) is 14.6 Å². The summed E-state index contributed by atoms with van der Waals surface area (Å²) in [5.41, 5.74) is 0.820. The van der Waals surface area contributed by atoms with Crippen LogP contribution in [-0.2, 0) is 16.1 Å². The van der Waals surface area contributed by atoms with E-state index < -0.39 is 0 Å². The molecule has 2 aromatic heterocycles. The topological polar surface area (TPSA) is 85.2 Å². The quantitative estimate of drug-likeness (QED) is 0.585. The van der Waals surface area contributed by atoms with Gasteiger partial charge in [-0.1, -0.05) is 18.7 Å². The molecule has 0 saturated carbocycles. The second-order valence-corrected chi connectivity index (χ2v) is 6.93. The number of carbonyl (C=O) groups excluding carboxylic acids is 1. The van der Waals surface area contributed by atoms with Gasteiger partial charge in [0.05, 0.1) is 31.3 Å². The molecule has 0 atom stereocenters. The molecule has 0 radical (unpaired) electrons. The summed E-state index contributed by atoms with van der Waals surface area (Å²) < 4.78 is 7.30. The number of carbonyl (C=O) groups is 1. The molecule has 0 spiro atoms. The molecule has 1 amide bonds. The average molecular weight is 364 g/mol. The first-order chi connectivity index (χ1) is 12.2. The van der Waals surface area contributed by atoms with E-state index in [1.165, 1.54) is 6.92 Å². The van der Waals surface area contributed by atoms with Gasteiger partial charge in [0.15, 0.2) is 10.8 Å². The van der Waals surface area contributed by atoms with E-state index in [2.05, 4.69) is 22.2 Å². The number of thioether (sulfide) groups is 1. The second kappa shape index (κ2) is 8.48. The number of morpholine rings is 1. The molecule has 3 heterocycles. The number of aromatic nitrogens is 4. The van der Waals surface area contributed by atoms with Crippen molar-refractivity contribution in [3.8, 4) is 0 Å². The van der Waals surface area contributed by atoms with Crippen LogP contribution in [0.4, 0.5) is 5.82 Å². The normalized spacial score (nSPS) is 14.9. The minimum Gasteiger partial charge on any atom is -0.378 e. The van der Waals surface area contributed by atoms with Crippen molar-refractivity contribution in [1.29, 1.82) is 0 Å². The van der Waals surface area contributed by atoms with Crippen molar-refractivity contribution in [2.75, 3.05) is 43.5 Å². The van der Waals surface area contributed by atoms with Crippen LogP contribution in [0.3, 0.4) is 0 Å². The van der Waals surface area contributed by atoms with Crippen molar-refractivity contribution in [1.82, 2.24) is 25.1 Å². The van der Waals surface area contributed by atoms with Crippen LogP contribution >= 0.6 is 11.8 Å². The lowest BCUT2D eigenvalue weighted by molar-refractivity contribution is -0.118. The van der Waals surface area contributed by atoms with Crippen molar-refractivity contribution in [3.05, 3.63) is 6.20 Å². The van der Waals surface area contributed by atoms with Crippen LogP contribution in [-0.4, -0.2) is 64.3 Å². The fourth-order valence-electron chi connectivity index (χ4n) is 2.70. The highest BCUT2D eigenvalue weighted by molar-refractivity contribution is 7.99. The number of nitrogens with zero attached hydrogens (tertiary/aromatic N) is 5. The van der Waals surface area contributed by atoms with Crippen molar-refractivity contribution in [3.63, 3.8) is 0 Å². The van der Waals surface area contributed by atoms with Crippen molar-refractivity contribution in [2.24, 2.45) is 0 Å². The van der Waals surface area contributed by atoms with E-state index in [-0.39, 0.29) is 5.91 Å². The van der Waals surface area contributed by atoms with Crippen LogP contribution in [0.25, 0.3) is 11.0 Å². The van der Waals surface area contributed by atoms with Crippen molar-refractivity contribution in [2.45, 2.75) is 32.0 Å². The molecule has 1 saturated heterocycles. The number of anilines is 1. The van der Waals surface area contributed by atoms with Crippen molar-refractivity contribution < 1.29 is 9.53 Å². The fraction of sp³-hybridized carbons (Fsp3) is 0.625.